The second kappa shape index (κ2) is 18.8. The Kier molecular flexibility index (Phi) is 13.7. The van der Waals surface area contributed by atoms with Crippen LogP contribution in [0.25, 0.3) is 0 Å². The van der Waals surface area contributed by atoms with Crippen LogP contribution in [0.4, 0.5) is 0 Å². The van der Waals surface area contributed by atoms with E-state index in [0.717, 1.165) is 22.3 Å². The topological polar surface area (TPSA) is 114 Å². The molecule has 272 valence electrons. The van der Waals surface area contributed by atoms with E-state index in [4.69, 9.17) is 37.9 Å². The number of aliphatic hydroxyl groups excluding tert-OH is 2. The van der Waals surface area contributed by atoms with Crippen molar-refractivity contribution in [3.8, 4) is 0 Å². The zero-order chi connectivity index (χ0) is 35.4. The van der Waals surface area contributed by atoms with Gasteiger partial charge < -0.3 is 48.1 Å². The van der Waals surface area contributed by atoms with Gasteiger partial charge in [0, 0.05) is 7.11 Å². The lowest BCUT2D eigenvalue weighted by molar-refractivity contribution is -0.366. The van der Waals surface area contributed by atoms with Crippen LogP contribution in [-0.2, 0) is 64.3 Å². The predicted molar refractivity (Wildman–Crippen MR) is 188 cm³/mol. The van der Waals surface area contributed by atoms with Gasteiger partial charge in [-0.2, -0.15) is 0 Å². The third kappa shape index (κ3) is 10.1. The van der Waals surface area contributed by atoms with Crippen molar-refractivity contribution in [3.05, 3.63) is 144 Å². The minimum atomic E-state index is -1.35. The Labute approximate surface area is 299 Å². The normalized spacial score (nSPS) is 29.5. The molecule has 2 N–H and O–H groups in total. The first-order valence-corrected chi connectivity index (χ1v) is 17.4. The van der Waals surface area contributed by atoms with E-state index in [1.54, 1.807) is 6.92 Å². The van der Waals surface area contributed by atoms with Crippen LogP contribution in [0, 0.1) is 0 Å². The van der Waals surface area contributed by atoms with Crippen LogP contribution >= 0.6 is 0 Å². The fourth-order valence-corrected chi connectivity index (χ4v) is 6.40. The van der Waals surface area contributed by atoms with Crippen LogP contribution in [0.1, 0.15) is 29.2 Å². The molecule has 0 bridgehead atoms. The van der Waals surface area contributed by atoms with E-state index < -0.39 is 61.4 Å². The SMILES string of the molecule is CO[C@@H]1O[C@H](C)[C@H](O[C@H]2O[C@H](COCc3ccccc3)[C@H](OCc3ccccc3)[C@H](OCc3ccccc3)[C@H]2OCc2ccccc2)[C@H](O)[C@H]1O. The molecule has 0 unspecified atom stereocenters. The third-order valence-corrected chi connectivity index (χ3v) is 9.14. The number of benzene rings is 4. The Morgan fingerprint density at radius 2 is 0.961 bits per heavy atom. The highest BCUT2D eigenvalue weighted by Crippen LogP contribution is 2.34. The van der Waals surface area contributed by atoms with Crippen molar-refractivity contribution in [3.63, 3.8) is 0 Å². The predicted octanol–water partition coefficient (Wildman–Crippen LogP) is 5.18. The Bertz CT molecular complexity index is 1550. The lowest BCUT2D eigenvalue weighted by Gasteiger charge is -2.48. The van der Waals surface area contributed by atoms with E-state index >= 15 is 0 Å². The molecule has 10 atom stereocenters. The molecule has 6 rings (SSSR count). The summed E-state index contributed by atoms with van der Waals surface area (Å²) in [6.45, 7) is 3.06. The van der Waals surface area contributed by atoms with Gasteiger partial charge in [-0.1, -0.05) is 121 Å². The number of ether oxygens (including phenoxy) is 8. The molecule has 4 aromatic carbocycles. The average Bonchev–Trinajstić information content (AvgIpc) is 3.17. The number of methoxy groups -OCH3 is 1. The summed E-state index contributed by atoms with van der Waals surface area (Å²) in [5.41, 5.74) is 3.92. The number of aliphatic hydroxyl groups is 2. The van der Waals surface area contributed by atoms with Crippen LogP contribution in [-0.4, -0.2) is 85.3 Å². The summed E-state index contributed by atoms with van der Waals surface area (Å²) in [6.07, 6.45) is -9.28. The first-order valence-electron chi connectivity index (χ1n) is 17.4. The van der Waals surface area contributed by atoms with Crippen LogP contribution < -0.4 is 0 Å². The van der Waals surface area contributed by atoms with Crippen LogP contribution in [0.2, 0.25) is 0 Å². The third-order valence-electron chi connectivity index (χ3n) is 9.14. The summed E-state index contributed by atoms with van der Waals surface area (Å²) in [6, 6.07) is 39.5. The van der Waals surface area contributed by atoms with Crippen LogP contribution in [0.3, 0.4) is 0 Å². The van der Waals surface area contributed by atoms with E-state index in [2.05, 4.69) is 0 Å². The molecule has 0 radical (unpaired) electrons. The maximum Gasteiger partial charge on any atom is 0.187 e. The zero-order valence-electron chi connectivity index (χ0n) is 29.0. The van der Waals surface area contributed by atoms with Crippen molar-refractivity contribution in [1.82, 2.24) is 0 Å². The molecule has 2 aliphatic heterocycles. The van der Waals surface area contributed by atoms with Crippen molar-refractivity contribution in [1.29, 1.82) is 0 Å². The van der Waals surface area contributed by atoms with Crippen LogP contribution in [0.5, 0.6) is 0 Å². The van der Waals surface area contributed by atoms with E-state index in [0.29, 0.717) is 13.2 Å². The van der Waals surface area contributed by atoms with Gasteiger partial charge in [-0.25, -0.2) is 0 Å². The molecule has 0 saturated carbocycles. The quantitative estimate of drug-likeness (QED) is 0.162. The summed E-state index contributed by atoms with van der Waals surface area (Å²) >= 11 is 0. The molecule has 0 spiro atoms. The van der Waals surface area contributed by atoms with Gasteiger partial charge in [-0.15, -0.1) is 0 Å². The lowest BCUT2D eigenvalue weighted by Crippen LogP contribution is -2.65. The van der Waals surface area contributed by atoms with E-state index in [1.165, 1.54) is 7.11 Å². The molecule has 0 aromatic heterocycles. The average molecular weight is 701 g/mol. The Hall–Kier alpha value is -3.52. The molecule has 2 fully saturated rings. The molecule has 0 aliphatic carbocycles. The highest BCUT2D eigenvalue weighted by molar-refractivity contribution is 5.16. The Morgan fingerprint density at radius 1 is 0.510 bits per heavy atom. The summed E-state index contributed by atoms with van der Waals surface area (Å²) < 4.78 is 50.8. The Morgan fingerprint density at radius 3 is 1.45 bits per heavy atom. The lowest BCUT2D eigenvalue weighted by atomic mass is 9.96. The summed E-state index contributed by atoms with van der Waals surface area (Å²) in [7, 11) is 1.41. The smallest absolute Gasteiger partial charge is 0.187 e. The number of hydrogen-bond donors (Lipinski definition) is 2. The second-order valence-electron chi connectivity index (χ2n) is 12.9. The molecular weight excluding hydrogens is 652 g/mol. The fourth-order valence-electron chi connectivity index (χ4n) is 6.40. The first kappa shape index (κ1) is 37.2. The standard InChI is InChI=1S/C41H48O10/c1-28-36(34(42)35(43)40(44-2)49-28)51-41-39(48-26-32-21-13-6-14-22-32)38(47-25-31-19-11-5-12-20-31)37(46-24-30-17-9-4-10-18-30)33(50-41)27-45-23-29-15-7-3-8-16-29/h3-22,28,33-43H,23-27H2,1-2H3/t28-,33-,34-,35-,36+,37+,38+,39-,40-,41-/m1/s1. The second-order valence-corrected chi connectivity index (χ2v) is 12.9. The van der Waals surface area contributed by atoms with Gasteiger partial charge in [0.15, 0.2) is 12.6 Å². The first-order chi connectivity index (χ1) is 25.0. The molecule has 2 heterocycles. The van der Waals surface area contributed by atoms with Crippen molar-refractivity contribution in [2.24, 2.45) is 0 Å². The zero-order valence-corrected chi connectivity index (χ0v) is 29.0. The maximum absolute atomic E-state index is 11.2. The summed E-state index contributed by atoms with van der Waals surface area (Å²) in [5, 5.41) is 22.1. The number of hydrogen-bond acceptors (Lipinski definition) is 10. The Balaban J connectivity index is 1.33. The largest absolute Gasteiger partial charge is 0.387 e. The minimum absolute atomic E-state index is 0.151. The maximum atomic E-state index is 11.2. The van der Waals surface area contributed by atoms with Gasteiger partial charge in [-0.05, 0) is 29.2 Å². The highest BCUT2D eigenvalue weighted by atomic mass is 16.7. The molecule has 10 nitrogen and oxygen atoms in total. The van der Waals surface area contributed by atoms with Gasteiger partial charge >= 0.3 is 0 Å². The summed E-state index contributed by atoms with van der Waals surface area (Å²) in [4.78, 5) is 0. The van der Waals surface area contributed by atoms with Gasteiger partial charge in [0.05, 0.1) is 39.1 Å². The van der Waals surface area contributed by atoms with Crippen LogP contribution in [0.15, 0.2) is 121 Å². The van der Waals surface area contributed by atoms with E-state index in [-0.39, 0.29) is 19.8 Å². The van der Waals surface area contributed by atoms with Gasteiger partial charge in [-0.3, -0.25) is 0 Å². The van der Waals surface area contributed by atoms with E-state index in [1.807, 2.05) is 121 Å². The number of rotatable bonds is 16. The molecular formula is C41H48O10. The summed E-state index contributed by atoms with van der Waals surface area (Å²) in [5.74, 6) is 0. The van der Waals surface area contributed by atoms with Crippen molar-refractivity contribution >= 4 is 0 Å². The molecule has 0 amide bonds. The van der Waals surface area contributed by atoms with Crippen molar-refractivity contribution in [2.45, 2.75) is 94.8 Å². The van der Waals surface area contributed by atoms with Gasteiger partial charge in [0.2, 0.25) is 0 Å². The molecule has 2 saturated heterocycles. The molecule has 4 aromatic rings. The monoisotopic (exact) mass is 700 g/mol. The molecule has 2 aliphatic rings. The fraction of sp³-hybridized carbons (Fsp3) is 0.415. The van der Waals surface area contributed by atoms with Crippen molar-refractivity contribution in [2.75, 3.05) is 13.7 Å². The van der Waals surface area contributed by atoms with Crippen molar-refractivity contribution < 1.29 is 48.1 Å². The molecule has 51 heavy (non-hydrogen) atoms. The minimum Gasteiger partial charge on any atom is -0.387 e. The molecule has 10 heteroatoms. The van der Waals surface area contributed by atoms with E-state index in [9.17, 15) is 10.2 Å². The van der Waals surface area contributed by atoms with Gasteiger partial charge in [0.1, 0.15) is 42.7 Å². The van der Waals surface area contributed by atoms with Gasteiger partial charge in [0.25, 0.3) is 0 Å². The highest BCUT2D eigenvalue weighted by Gasteiger charge is 2.52.